The SMILES string of the molecule is CCn1cc(OC[C@@]2(c3ccccc3)C[C@H]2C(=O)Cc2ccc(F)cn2)ccc1=O. The van der Waals surface area contributed by atoms with Gasteiger partial charge in [-0.1, -0.05) is 30.3 Å². The van der Waals surface area contributed by atoms with Crippen LogP contribution in [0.5, 0.6) is 5.75 Å². The summed E-state index contributed by atoms with van der Waals surface area (Å²) in [6.07, 6.45) is 3.68. The highest BCUT2D eigenvalue weighted by Crippen LogP contribution is 2.55. The lowest BCUT2D eigenvalue weighted by Crippen LogP contribution is -2.25. The first kappa shape index (κ1) is 20.0. The number of halogens is 1. The summed E-state index contributed by atoms with van der Waals surface area (Å²) in [5, 5.41) is 0. The van der Waals surface area contributed by atoms with E-state index in [4.69, 9.17) is 4.74 Å². The van der Waals surface area contributed by atoms with Gasteiger partial charge in [0, 0.05) is 42.3 Å². The quantitative estimate of drug-likeness (QED) is 0.574. The predicted molar refractivity (Wildman–Crippen MR) is 111 cm³/mol. The molecule has 1 aliphatic carbocycles. The number of pyridine rings is 2. The van der Waals surface area contributed by atoms with Crippen molar-refractivity contribution >= 4 is 5.78 Å². The zero-order valence-electron chi connectivity index (χ0n) is 16.8. The zero-order valence-corrected chi connectivity index (χ0v) is 16.8. The van der Waals surface area contributed by atoms with Gasteiger partial charge in [0.1, 0.15) is 17.3 Å². The van der Waals surface area contributed by atoms with E-state index in [2.05, 4.69) is 4.98 Å². The number of Topliss-reactive ketones (excluding diaryl/α,β-unsaturated/α-hetero) is 1. The molecule has 2 heterocycles. The number of hydrogen-bond donors (Lipinski definition) is 0. The van der Waals surface area contributed by atoms with Crippen LogP contribution in [0.1, 0.15) is 24.6 Å². The van der Waals surface area contributed by atoms with Crippen molar-refractivity contribution in [3.05, 3.63) is 94.4 Å². The molecule has 2 aromatic heterocycles. The molecule has 2 atom stereocenters. The van der Waals surface area contributed by atoms with Gasteiger partial charge in [0.2, 0.25) is 0 Å². The summed E-state index contributed by atoms with van der Waals surface area (Å²) in [5.74, 6) is 0.0621. The average molecular weight is 406 g/mol. The van der Waals surface area contributed by atoms with Crippen LogP contribution in [0, 0.1) is 11.7 Å². The molecule has 4 rings (SSSR count). The smallest absolute Gasteiger partial charge is 0.250 e. The second-order valence-electron chi connectivity index (χ2n) is 7.67. The Hall–Kier alpha value is -3.28. The van der Waals surface area contributed by atoms with Gasteiger partial charge in [-0.3, -0.25) is 14.6 Å². The number of hydrogen-bond acceptors (Lipinski definition) is 4. The predicted octanol–water partition coefficient (Wildman–Crippen LogP) is 3.55. The standard InChI is InChI=1S/C24H23FN2O3/c1-2-27-15-20(10-11-23(27)29)30-16-24(17-6-4-3-5-7-17)13-21(24)22(28)12-19-9-8-18(25)14-26-19/h3-11,14-15,21H,2,12-13,16H2,1H3/t21-,24+/m0/s1. The molecule has 0 spiro atoms. The Kier molecular flexibility index (Phi) is 5.48. The summed E-state index contributed by atoms with van der Waals surface area (Å²) in [4.78, 5) is 28.8. The molecule has 0 amide bonds. The van der Waals surface area contributed by atoms with Gasteiger partial charge in [0.15, 0.2) is 0 Å². The third kappa shape index (κ3) is 4.03. The van der Waals surface area contributed by atoms with Gasteiger partial charge in [-0.2, -0.15) is 0 Å². The maximum absolute atomic E-state index is 13.1. The molecule has 1 aliphatic rings. The minimum atomic E-state index is -0.418. The van der Waals surface area contributed by atoms with E-state index >= 15 is 0 Å². The molecule has 5 nitrogen and oxygen atoms in total. The molecule has 0 N–H and O–H groups in total. The van der Waals surface area contributed by atoms with Crippen molar-refractivity contribution in [2.45, 2.75) is 31.7 Å². The highest BCUT2D eigenvalue weighted by molar-refractivity contribution is 5.88. The Morgan fingerprint density at radius 3 is 2.70 bits per heavy atom. The molecular formula is C24H23FN2O3. The van der Waals surface area contributed by atoms with Gasteiger partial charge in [-0.15, -0.1) is 0 Å². The maximum atomic E-state index is 13.1. The van der Waals surface area contributed by atoms with Crippen LogP contribution >= 0.6 is 0 Å². The Labute approximate surface area is 174 Å². The lowest BCUT2D eigenvalue weighted by atomic mass is 9.92. The summed E-state index contributed by atoms with van der Waals surface area (Å²) < 4.78 is 20.7. The minimum absolute atomic E-state index is 0.0695. The van der Waals surface area contributed by atoms with Gasteiger partial charge in [0.05, 0.1) is 12.8 Å². The van der Waals surface area contributed by atoms with E-state index < -0.39 is 11.2 Å². The first-order valence-corrected chi connectivity index (χ1v) is 10.0. The third-order valence-corrected chi connectivity index (χ3v) is 5.75. The number of rotatable bonds is 8. The topological polar surface area (TPSA) is 61.2 Å². The van der Waals surface area contributed by atoms with Crippen molar-refractivity contribution in [2.75, 3.05) is 6.61 Å². The lowest BCUT2D eigenvalue weighted by molar-refractivity contribution is -0.120. The van der Waals surface area contributed by atoms with Gasteiger partial charge >= 0.3 is 0 Å². The van der Waals surface area contributed by atoms with E-state index in [1.165, 1.54) is 12.1 Å². The van der Waals surface area contributed by atoms with Crippen molar-refractivity contribution in [1.29, 1.82) is 0 Å². The lowest BCUT2D eigenvalue weighted by Gasteiger charge is -2.19. The van der Waals surface area contributed by atoms with Crippen molar-refractivity contribution in [3.8, 4) is 5.75 Å². The van der Waals surface area contributed by atoms with E-state index in [9.17, 15) is 14.0 Å². The molecular weight excluding hydrogens is 383 g/mol. The van der Waals surface area contributed by atoms with Crippen molar-refractivity contribution in [2.24, 2.45) is 5.92 Å². The number of nitrogens with zero attached hydrogens (tertiary/aromatic N) is 2. The Morgan fingerprint density at radius 1 is 1.20 bits per heavy atom. The molecule has 1 aromatic carbocycles. The fourth-order valence-electron chi connectivity index (χ4n) is 3.93. The van der Waals surface area contributed by atoms with Gasteiger partial charge in [0.25, 0.3) is 5.56 Å². The van der Waals surface area contributed by atoms with E-state index in [-0.39, 0.29) is 23.7 Å². The summed E-state index contributed by atoms with van der Waals surface area (Å²) >= 11 is 0. The Balaban J connectivity index is 1.53. The molecule has 1 saturated carbocycles. The van der Waals surface area contributed by atoms with Gasteiger partial charge in [-0.25, -0.2) is 4.39 Å². The Morgan fingerprint density at radius 2 is 2.00 bits per heavy atom. The highest BCUT2D eigenvalue weighted by atomic mass is 19.1. The molecule has 0 unspecified atom stereocenters. The highest BCUT2D eigenvalue weighted by Gasteiger charge is 2.59. The van der Waals surface area contributed by atoms with E-state index in [0.717, 1.165) is 11.8 Å². The van der Waals surface area contributed by atoms with Crippen LogP contribution in [0.4, 0.5) is 4.39 Å². The first-order chi connectivity index (χ1) is 14.5. The second-order valence-corrected chi connectivity index (χ2v) is 7.67. The largest absolute Gasteiger partial charge is 0.491 e. The van der Waals surface area contributed by atoms with Crippen LogP contribution in [0.3, 0.4) is 0 Å². The fourth-order valence-corrected chi connectivity index (χ4v) is 3.93. The monoisotopic (exact) mass is 406 g/mol. The second kappa shape index (κ2) is 8.22. The molecule has 0 aliphatic heterocycles. The summed E-state index contributed by atoms with van der Waals surface area (Å²) in [5.41, 5.74) is 1.13. The number of carbonyl (C=O) groups excluding carboxylic acids is 1. The fraction of sp³-hybridized carbons (Fsp3) is 0.292. The number of aryl methyl sites for hydroxylation is 1. The maximum Gasteiger partial charge on any atom is 0.250 e. The number of ketones is 1. The Bertz CT molecular complexity index is 1100. The first-order valence-electron chi connectivity index (χ1n) is 10.0. The average Bonchev–Trinajstić information content (AvgIpc) is 3.51. The van der Waals surface area contributed by atoms with Crippen LogP contribution in [-0.4, -0.2) is 21.9 Å². The van der Waals surface area contributed by atoms with Crippen LogP contribution in [0.2, 0.25) is 0 Å². The number of ether oxygens (including phenoxy) is 1. The normalized spacial score (nSPS) is 20.0. The molecule has 154 valence electrons. The van der Waals surface area contributed by atoms with Crippen LogP contribution < -0.4 is 10.3 Å². The molecule has 0 saturated heterocycles. The number of carbonyl (C=O) groups is 1. The van der Waals surface area contributed by atoms with Crippen LogP contribution in [0.15, 0.2) is 71.8 Å². The summed E-state index contributed by atoms with van der Waals surface area (Å²) in [6.45, 7) is 2.80. The van der Waals surface area contributed by atoms with Gasteiger partial charge < -0.3 is 9.30 Å². The van der Waals surface area contributed by atoms with E-state index in [0.29, 0.717) is 31.0 Å². The van der Waals surface area contributed by atoms with E-state index in [1.54, 1.807) is 22.9 Å². The molecule has 0 radical (unpaired) electrons. The number of aromatic nitrogens is 2. The number of benzene rings is 1. The van der Waals surface area contributed by atoms with Crippen LogP contribution in [0.25, 0.3) is 0 Å². The minimum Gasteiger partial charge on any atom is -0.491 e. The molecule has 6 heteroatoms. The zero-order chi connectivity index (χ0) is 21.1. The molecule has 30 heavy (non-hydrogen) atoms. The summed E-state index contributed by atoms with van der Waals surface area (Å²) in [6, 6.07) is 15.9. The third-order valence-electron chi connectivity index (χ3n) is 5.75. The molecule has 3 aromatic rings. The molecule has 0 bridgehead atoms. The van der Waals surface area contributed by atoms with Crippen molar-refractivity contribution in [3.63, 3.8) is 0 Å². The van der Waals surface area contributed by atoms with Gasteiger partial charge in [-0.05, 0) is 37.1 Å². The van der Waals surface area contributed by atoms with Crippen molar-refractivity contribution < 1.29 is 13.9 Å². The van der Waals surface area contributed by atoms with Crippen LogP contribution in [-0.2, 0) is 23.2 Å². The van der Waals surface area contributed by atoms with Crippen molar-refractivity contribution in [1.82, 2.24) is 9.55 Å². The van der Waals surface area contributed by atoms with E-state index in [1.807, 2.05) is 37.3 Å². The summed E-state index contributed by atoms with van der Waals surface area (Å²) in [7, 11) is 0. The molecule has 1 fully saturated rings.